The number of carbonyl (C=O) groups is 1. The van der Waals surface area contributed by atoms with Crippen LogP contribution in [0.2, 0.25) is 0 Å². The molecule has 1 N–H and O–H groups in total. The van der Waals surface area contributed by atoms with Gasteiger partial charge in [0.05, 0.1) is 6.42 Å². The summed E-state index contributed by atoms with van der Waals surface area (Å²) in [7, 11) is 1.92. The van der Waals surface area contributed by atoms with Crippen LogP contribution in [-0.2, 0) is 18.3 Å². The molecule has 2 rings (SSSR count). The number of rotatable bonds is 4. The van der Waals surface area contributed by atoms with Crippen molar-refractivity contribution in [3.63, 3.8) is 0 Å². The second kappa shape index (κ2) is 4.14. The topological polar surface area (TPSA) is 46.9 Å². The minimum Gasteiger partial charge on any atom is -0.338 e. The number of hydrogen-bond acceptors (Lipinski definition) is 3. The molecular weight excluding hydrogens is 190 g/mol. The van der Waals surface area contributed by atoms with E-state index >= 15 is 0 Å². The van der Waals surface area contributed by atoms with Crippen LogP contribution in [0.3, 0.4) is 0 Å². The highest BCUT2D eigenvalue weighted by atomic mass is 16.1. The Morgan fingerprint density at radius 1 is 1.73 bits per heavy atom. The van der Waals surface area contributed by atoms with Crippen molar-refractivity contribution in [1.82, 2.24) is 14.9 Å². The summed E-state index contributed by atoms with van der Waals surface area (Å²) in [5.41, 5.74) is 0. The fraction of sp³-hybridized carbons (Fsp3) is 0.636. The molecule has 0 spiro atoms. The Balaban J connectivity index is 1.94. The van der Waals surface area contributed by atoms with E-state index in [2.05, 4.69) is 10.3 Å². The lowest BCUT2D eigenvalue weighted by Gasteiger charge is -2.31. The van der Waals surface area contributed by atoms with Gasteiger partial charge in [-0.25, -0.2) is 4.98 Å². The number of hydrogen-bond donors (Lipinski definition) is 1. The monoisotopic (exact) mass is 207 g/mol. The molecule has 1 fully saturated rings. The molecule has 1 aliphatic heterocycles. The average molecular weight is 207 g/mol. The zero-order valence-electron chi connectivity index (χ0n) is 9.23. The van der Waals surface area contributed by atoms with Gasteiger partial charge in [-0.2, -0.15) is 0 Å². The molecule has 1 aromatic heterocycles. The van der Waals surface area contributed by atoms with E-state index in [1.807, 2.05) is 24.7 Å². The van der Waals surface area contributed by atoms with Gasteiger partial charge in [0.1, 0.15) is 11.6 Å². The van der Waals surface area contributed by atoms with Crippen LogP contribution < -0.4 is 5.32 Å². The lowest BCUT2D eigenvalue weighted by molar-refractivity contribution is -0.124. The van der Waals surface area contributed by atoms with Crippen molar-refractivity contribution < 1.29 is 4.79 Å². The smallest absolute Gasteiger partial charge is 0.143 e. The van der Waals surface area contributed by atoms with Gasteiger partial charge in [-0.3, -0.25) is 4.79 Å². The maximum absolute atomic E-state index is 11.9. The van der Waals surface area contributed by atoms with Gasteiger partial charge >= 0.3 is 0 Å². The quantitative estimate of drug-likeness (QED) is 0.776. The first-order valence-electron chi connectivity index (χ1n) is 5.38. The molecule has 0 amide bonds. The third-order valence-corrected chi connectivity index (χ3v) is 3.28. The minimum atomic E-state index is 0.156. The van der Waals surface area contributed by atoms with Gasteiger partial charge in [0.15, 0.2) is 0 Å². The molecule has 1 atom stereocenters. The summed E-state index contributed by atoms with van der Waals surface area (Å²) in [6.45, 7) is 3.98. The van der Waals surface area contributed by atoms with E-state index < -0.39 is 0 Å². The molecule has 0 radical (unpaired) electrons. The molecular formula is C11H17N3O. The first kappa shape index (κ1) is 10.4. The van der Waals surface area contributed by atoms with E-state index in [0.29, 0.717) is 18.1 Å². The van der Waals surface area contributed by atoms with Crippen LogP contribution in [0.5, 0.6) is 0 Å². The van der Waals surface area contributed by atoms with Crippen molar-refractivity contribution >= 4 is 5.78 Å². The summed E-state index contributed by atoms with van der Waals surface area (Å²) in [4.78, 5) is 16.1. The van der Waals surface area contributed by atoms with Crippen LogP contribution in [0.15, 0.2) is 12.4 Å². The average Bonchev–Trinajstić information content (AvgIpc) is 2.49. The van der Waals surface area contributed by atoms with Gasteiger partial charge in [0.2, 0.25) is 0 Å². The van der Waals surface area contributed by atoms with Crippen molar-refractivity contribution in [2.45, 2.75) is 13.3 Å². The molecule has 4 heteroatoms. The highest BCUT2D eigenvalue weighted by Crippen LogP contribution is 2.18. The molecule has 0 aromatic carbocycles. The number of aromatic nitrogens is 2. The zero-order chi connectivity index (χ0) is 10.8. The number of imidazole rings is 1. The highest BCUT2D eigenvalue weighted by Gasteiger charge is 2.28. The van der Waals surface area contributed by atoms with Gasteiger partial charge in [-0.05, 0) is 19.0 Å². The van der Waals surface area contributed by atoms with E-state index in [-0.39, 0.29) is 5.92 Å². The summed E-state index contributed by atoms with van der Waals surface area (Å²) in [5, 5.41) is 3.19. The Kier molecular flexibility index (Phi) is 2.86. The number of carbonyl (C=O) groups excluding carboxylic acids is 1. The molecule has 1 saturated heterocycles. The van der Waals surface area contributed by atoms with Crippen molar-refractivity contribution in [3.8, 4) is 0 Å². The first-order valence-corrected chi connectivity index (χ1v) is 5.38. The van der Waals surface area contributed by atoms with Gasteiger partial charge < -0.3 is 9.88 Å². The summed E-state index contributed by atoms with van der Waals surface area (Å²) in [6.07, 6.45) is 4.07. The van der Waals surface area contributed by atoms with E-state index in [1.165, 1.54) is 0 Å². The van der Waals surface area contributed by atoms with Crippen LogP contribution in [-0.4, -0.2) is 28.4 Å². The van der Waals surface area contributed by atoms with Crippen LogP contribution >= 0.6 is 0 Å². The van der Waals surface area contributed by atoms with Gasteiger partial charge in [-0.15, -0.1) is 0 Å². The standard InChI is InChI=1S/C11H17N3O/c1-8(9-6-12-7-9)10(15)5-11-13-3-4-14(11)2/h3-4,8-9,12H,5-7H2,1-2H3. The number of aryl methyl sites for hydroxylation is 1. The van der Waals surface area contributed by atoms with Crippen molar-refractivity contribution in [2.24, 2.45) is 18.9 Å². The summed E-state index contributed by atoms with van der Waals surface area (Å²) < 4.78 is 1.91. The van der Waals surface area contributed by atoms with Crippen LogP contribution in [0.4, 0.5) is 0 Å². The molecule has 15 heavy (non-hydrogen) atoms. The van der Waals surface area contributed by atoms with Crippen LogP contribution in [0.1, 0.15) is 12.7 Å². The third kappa shape index (κ3) is 2.09. The molecule has 4 nitrogen and oxygen atoms in total. The predicted octanol–water partition coefficient (Wildman–Crippen LogP) is 0.387. The third-order valence-electron chi connectivity index (χ3n) is 3.28. The second-order valence-corrected chi connectivity index (χ2v) is 4.30. The SMILES string of the molecule is CC(C(=O)Cc1nccn1C)C1CNC1. The minimum absolute atomic E-state index is 0.156. The maximum Gasteiger partial charge on any atom is 0.143 e. The first-order chi connectivity index (χ1) is 7.18. The number of nitrogens with zero attached hydrogens (tertiary/aromatic N) is 2. The fourth-order valence-corrected chi connectivity index (χ4v) is 1.81. The summed E-state index contributed by atoms with van der Waals surface area (Å²) >= 11 is 0. The Bertz CT molecular complexity index is 354. The molecule has 1 aliphatic rings. The van der Waals surface area contributed by atoms with Crippen LogP contribution in [0, 0.1) is 11.8 Å². The molecule has 0 aliphatic carbocycles. The van der Waals surface area contributed by atoms with Gasteiger partial charge in [0, 0.05) is 25.4 Å². The molecule has 2 heterocycles. The van der Waals surface area contributed by atoms with E-state index in [9.17, 15) is 4.79 Å². The Morgan fingerprint density at radius 2 is 2.47 bits per heavy atom. The summed E-state index contributed by atoms with van der Waals surface area (Å²) in [6, 6.07) is 0. The highest BCUT2D eigenvalue weighted by molar-refractivity contribution is 5.82. The lowest BCUT2D eigenvalue weighted by atomic mass is 9.85. The zero-order valence-corrected chi connectivity index (χ0v) is 9.23. The van der Waals surface area contributed by atoms with E-state index in [1.54, 1.807) is 6.20 Å². The maximum atomic E-state index is 11.9. The van der Waals surface area contributed by atoms with E-state index in [0.717, 1.165) is 18.9 Å². The van der Waals surface area contributed by atoms with Gasteiger partial charge in [0.25, 0.3) is 0 Å². The van der Waals surface area contributed by atoms with Crippen molar-refractivity contribution in [3.05, 3.63) is 18.2 Å². The van der Waals surface area contributed by atoms with Crippen LogP contribution in [0.25, 0.3) is 0 Å². The number of nitrogens with one attached hydrogen (secondary N) is 1. The van der Waals surface area contributed by atoms with E-state index in [4.69, 9.17) is 0 Å². The molecule has 0 bridgehead atoms. The number of Topliss-reactive ketones (excluding diaryl/α,β-unsaturated/α-hetero) is 1. The Morgan fingerprint density at radius 3 is 2.93 bits per heavy atom. The normalized spacial score (nSPS) is 18.5. The van der Waals surface area contributed by atoms with Crippen molar-refractivity contribution in [1.29, 1.82) is 0 Å². The Labute approximate surface area is 89.7 Å². The Hall–Kier alpha value is -1.16. The van der Waals surface area contributed by atoms with Gasteiger partial charge in [-0.1, -0.05) is 6.92 Å². The second-order valence-electron chi connectivity index (χ2n) is 4.30. The van der Waals surface area contributed by atoms with Crippen molar-refractivity contribution in [2.75, 3.05) is 13.1 Å². The number of ketones is 1. The molecule has 1 unspecified atom stereocenters. The fourth-order valence-electron chi connectivity index (χ4n) is 1.81. The molecule has 1 aromatic rings. The predicted molar refractivity (Wildman–Crippen MR) is 57.4 cm³/mol. The summed E-state index contributed by atoms with van der Waals surface area (Å²) in [5.74, 6) is 1.84. The molecule has 0 saturated carbocycles. The largest absolute Gasteiger partial charge is 0.338 e. The molecule has 82 valence electrons. The lowest BCUT2D eigenvalue weighted by Crippen LogP contribution is -2.47.